The van der Waals surface area contributed by atoms with E-state index < -0.39 is 0 Å². The summed E-state index contributed by atoms with van der Waals surface area (Å²) >= 11 is 6.00. The van der Waals surface area contributed by atoms with E-state index in [1.165, 1.54) is 33.4 Å². The third kappa shape index (κ3) is 4.89. The van der Waals surface area contributed by atoms with Gasteiger partial charge in [-0.15, -0.1) is 0 Å². The molecule has 0 aliphatic carbocycles. The van der Waals surface area contributed by atoms with Gasteiger partial charge in [-0.1, -0.05) is 0 Å². The predicted octanol–water partition coefficient (Wildman–Crippen LogP) is 1.09. The molecule has 0 rings (SSSR count). The predicted molar refractivity (Wildman–Crippen MR) is 34.8 cm³/mol. The molecule has 0 N–H and O–H groups in total. The molecule has 0 aromatic heterocycles. The number of rotatable bonds is 3. The van der Waals surface area contributed by atoms with Crippen LogP contribution in [0, 0.1) is 0 Å². The Labute approximate surface area is 57.4 Å². The molecule has 2 heteroatoms. The molecule has 0 aromatic rings. The van der Waals surface area contributed by atoms with Crippen molar-refractivity contribution in [2.45, 2.75) is 17.3 Å². The molecule has 0 fully saturated rings. The number of hydrogen-bond acceptors (Lipinski definition) is 1. The van der Waals surface area contributed by atoms with Gasteiger partial charge in [0.1, 0.15) is 0 Å². The van der Waals surface area contributed by atoms with Crippen molar-refractivity contribution < 1.29 is 0 Å². The van der Waals surface area contributed by atoms with Gasteiger partial charge in [0.25, 0.3) is 0 Å². The van der Waals surface area contributed by atoms with Gasteiger partial charge in [-0.05, 0) is 0 Å². The molecule has 34 valence electrons. The Morgan fingerprint density at radius 2 is 2.33 bits per heavy atom. The standard InChI is InChI=1S/C4H7S.Sn.H/c1-2-3-4-5;;/h4H,1-3H2;;. The Morgan fingerprint density at radius 3 is 2.50 bits per heavy atom. The number of unbranched alkanes of at least 4 members (excludes halogenated alkanes) is 1. The molecule has 0 saturated heterocycles. The molecule has 0 heterocycles. The summed E-state index contributed by atoms with van der Waals surface area (Å²) in [5.74, 6) is 0. The van der Waals surface area contributed by atoms with Gasteiger partial charge in [0.2, 0.25) is 0 Å². The Morgan fingerprint density at radius 1 is 1.67 bits per heavy atom. The van der Waals surface area contributed by atoms with Gasteiger partial charge in [-0.2, -0.15) is 0 Å². The first-order valence-corrected chi connectivity index (χ1v) is 4.85. The van der Waals surface area contributed by atoms with Crippen molar-refractivity contribution in [1.29, 1.82) is 0 Å². The van der Waals surface area contributed by atoms with Crippen molar-refractivity contribution in [3.05, 3.63) is 0 Å². The Balaban J connectivity index is 2.49. The van der Waals surface area contributed by atoms with Crippen molar-refractivity contribution in [2.75, 3.05) is 0 Å². The molecule has 0 bridgehead atoms. The number of thiocarbonyl (C=S) groups is 1. The summed E-state index contributed by atoms with van der Waals surface area (Å²) in [6, 6.07) is 0. The Kier molecular flexibility index (Phi) is 6.76. The van der Waals surface area contributed by atoms with Crippen LogP contribution in [0.1, 0.15) is 12.8 Å². The van der Waals surface area contributed by atoms with Crippen LogP contribution in [0.4, 0.5) is 0 Å². The Bertz CT molecular complexity index is 36.5. The van der Waals surface area contributed by atoms with E-state index in [1.807, 2.05) is 5.37 Å². The van der Waals surface area contributed by atoms with Gasteiger partial charge in [-0.25, -0.2) is 0 Å². The second kappa shape index (κ2) is 5.89. The minimum atomic E-state index is 1.14. The van der Waals surface area contributed by atoms with Crippen molar-refractivity contribution in [2.24, 2.45) is 0 Å². The van der Waals surface area contributed by atoms with E-state index in [2.05, 4.69) is 12.2 Å². The van der Waals surface area contributed by atoms with Crippen LogP contribution in [0.2, 0.25) is 4.44 Å². The fourth-order valence-electron chi connectivity index (χ4n) is 0.201. The van der Waals surface area contributed by atoms with Gasteiger partial charge < -0.3 is 0 Å². The first-order chi connectivity index (χ1) is 2.91. The molecule has 2 radical (unpaired) electrons. The second-order valence-corrected chi connectivity index (χ2v) is 3.08. The molecule has 0 atom stereocenters. The quantitative estimate of drug-likeness (QED) is 0.379. The first kappa shape index (κ1) is 6.89. The summed E-state index contributed by atoms with van der Waals surface area (Å²) in [5, 5.41) is 1.82. The maximum absolute atomic E-state index is 4.61. The molecule has 0 unspecified atom stereocenters. The normalized spacial score (nSPS) is 8.17. The monoisotopic (exact) mass is 208 g/mol. The van der Waals surface area contributed by atoms with E-state index in [0.29, 0.717) is 0 Å². The maximum atomic E-state index is 4.61. The van der Waals surface area contributed by atoms with Gasteiger partial charge in [0, 0.05) is 0 Å². The third-order valence-corrected chi connectivity index (χ3v) is 1.93. The molecule has 0 spiro atoms. The van der Waals surface area contributed by atoms with Crippen LogP contribution in [0.25, 0.3) is 0 Å². The summed E-state index contributed by atoms with van der Waals surface area (Å²) in [4.78, 5) is 0. The number of hydrogen-bond donors (Lipinski definition) is 0. The van der Waals surface area contributed by atoms with Gasteiger partial charge in [0.15, 0.2) is 0 Å². The molecule has 6 heavy (non-hydrogen) atoms. The topological polar surface area (TPSA) is 0 Å². The summed E-state index contributed by atoms with van der Waals surface area (Å²) in [7, 11) is 0. The van der Waals surface area contributed by atoms with Crippen molar-refractivity contribution in [3.8, 4) is 0 Å². The van der Waals surface area contributed by atoms with Crippen LogP contribution in [0.3, 0.4) is 0 Å². The van der Waals surface area contributed by atoms with E-state index in [4.69, 9.17) is 0 Å². The molecular formula is C4H8SSn. The molecule has 0 nitrogen and oxygen atoms in total. The van der Waals surface area contributed by atoms with Gasteiger partial charge in [0.05, 0.1) is 0 Å². The average molecular weight is 207 g/mol. The van der Waals surface area contributed by atoms with Crippen LogP contribution in [0.15, 0.2) is 0 Å². The molecule has 0 amide bonds. The van der Waals surface area contributed by atoms with Crippen molar-refractivity contribution in [3.63, 3.8) is 0 Å². The summed E-state index contributed by atoms with van der Waals surface area (Å²) < 4.78 is 1.39. The van der Waals surface area contributed by atoms with Crippen LogP contribution in [0.5, 0.6) is 0 Å². The van der Waals surface area contributed by atoms with Crippen LogP contribution in [-0.2, 0) is 0 Å². The van der Waals surface area contributed by atoms with Crippen molar-refractivity contribution in [1.82, 2.24) is 0 Å². The minimum absolute atomic E-state index is 1.14. The van der Waals surface area contributed by atoms with E-state index in [9.17, 15) is 0 Å². The zero-order chi connectivity index (χ0) is 4.83. The summed E-state index contributed by atoms with van der Waals surface area (Å²) in [6.45, 7) is 0. The van der Waals surface area contributed by atoms with Crippen LogP contribution in [-0.4, -0.2) is 27.9 Å². The van der Waals surface area contributed by atoms with Crippen LogP contribution >= 0.6 is 12.2 Å². The second-order valence-electron chi connectivity index (χ2n) is 1.10. The third-order valence-electron chi connectivity index (χ3n) is 0.526. The fourth-order valence-corrected chi connectivity index (χ4v) is 1.04. The molecule has 0 saturated carbocycles. The molecule has 0 aromatic carbocycles. The van der Waals surface area contributed by atoms with E-state index in [1.54, 1.807) is 0 Å². The van der Waals surface area contributed by atoms with Gasteiger partial charge in [-0.3, -0.25) is 0 Å². The van der Waals surface area contributed by atoms with Crippen LogP contribution < -0.4 is 0 Å². The fraction of sp³-hybridized carbons (Fsp3) is 0.750. The Hall–Kier alpha value is 0.889. The SMILES string of the molecule is S=CCC[CH2][SnH]. The summed E-state index contributed by atoms with van der Waals surface area (Å²) in [6.07, 6.45) is 2.45. The molecular weight excluding hydrogens is 199 g/mol. The zero-order valence-corrected chi connectivity index (χ0v) is 7.80. The average Bonchev–Trinajstić information content (AvgIpc) is 1.61. The first-order valence-electron chi connectivity index (χ1n) is 2.05. The van der Waals surface area contributed by atoms with Gasteiger partial charge >= 0.3 is 57.4 Å². The summed E-state index contributed by atoms with van der Waals surface area (Å²) in [5.41, 5.74) is 0. The van der Waals surface area contributed by atoms with E-state index >= 15 is 0 Å². The molecule has 0 aliphatic rings. The van der Waals surface area contributed by atoms with Crippen molar-refractivity contribution >= 4 is 40.1 Å². The molecule has 0 aliphatic heterocycles. The van der Waals surface area contributed by atoms with E-state index in [-0.39, 0.29) is 0 Å². The van der Waals surface area contributed by atoms with E-state index in [0.717, 1.165) is 6.42 Å². The zero-order valence-electron chi connectivity index (χ0n) is 3.68.